The highest BCUT2D eigenvalue weighted by Gasteiger charge is 2.19. The molecule has 1 heterocycles. The molecule has 0 atom stereocenters. The van der Waals surface area contributed by atoms with Gasteiger partial charge in [0.2, 0.25) is 5.91 Å². The summed E-state index contributed by atoms with van der Waals surface area (Å²) in [6, 6.07) is 13.5. The van der Waals surface area contributed by atoms with Crippen LogP contribution in [-0.4, -0.2) is 23.2 Å². The summed E-state index contributed by atoms with van der Waals surface area (Å²) in [5.41, 5.74) is 3.71. The van der Waals surface area contributed by atoms with Crippen molar-refractivity contribution in [2.45, 2.75) is 26.2 Å². The van der Waals surface area contributed by atoms with Crippen LogP contribution in [0.2, 0.25) is 0 Å². The van der Waals surface area contributed by atoms with Crippen LogP contribution in [-0.2, 0) is 17.6 Å². The highest BCUT2D eigenvalue weighted by Crippen LogP contribution is 2.35. The van der Waals surface area contributed by atoms with Gasteiger partial charge >= 0.3 is 0 Å². The van der Waals surface area contributed by atoms with Gasteiger partial charge in [0.15, 0.2) is 0 Å². The number of rotatable bonds is 7. The van der Waals surface area contributed by atoms with Gasteiger partial charge in [-0.1, -0.05) is 37.6 Å². The van der Waals surface area contributed by atoms with E-state index in [4.69, 9.17) is 4.74 Å². The Morgan fingerprint density at radius 3 is 2.63 bits per heavy atom. The highest BCUT2D eigenvalue weighted by atomic mass is 19.1. The smallest absolute Gasteiger partial charge is 0.228 e. The second kappa shape index (κ2) is 8.49. The van der Waals surface area contributed by atoms with Gasteiger partial charge in [-0.25, -0.2) is 4.39 Å². The van der Waals surface area contributed by atoms with Crippen LogP contribution in [0.3, 0.4) is 0 Å². The third-order valence-corrected chi connectivity index (χ3v) is 4.25. The fourth-order valence-electron chi connectivity index (χ4n) is 2.95. The van der Waals surface area contributed by atoms with E-state index in [1.54, 1.807) is 19.2 Å². The summed E-state index contributed by atoms with van der Waals surface area (Å²) < 4.78 is 18.5. The first-order valence-corrected chi connectivity index (χ1v) is 8.87. The molecule has 0 spiro atoms. The lowest BCUT2D eigenvalue weighted by Gasteiger charge is -2.11. The Morgan fingerprint density at radius 1 is 1.19 bits per heavy atom. The topological polar surface area (TPSA) is 67.0 Å². The number of para-hydroxylation sites is 1. The molecule has 0 fully saturated rings. The maximum Gasteiger partial charge on any atom is 0.228 e. The number of benzene rings is 2. The zero-order valence-corrected chi connectivity index (χ0v) is 15.4. The highest BCUT2D eigenvalue weighted by molar-refractivity contribution is 5.97. The van der Waals surface area contributed by atoms with Gasteiger partial charge in [-0.2, -0.15) is 5.10 Å². The molecule has 0 bridgehead atoms. The number of anilines is 1. The van der Waals surface area contributed by atoms with Crippen molar-refractivity contribution in [3.63, 3.8) is 0 Å². The first-order chi connectivity index (χ1) is 13.1. The molecule has 1 amide bonds. The second-order valence-electron chi connectivity index (χ2n) is 6.23. The van der Waals surface area contributed by atoms with Crippen LogP contribution in [0.15, 0.2) is 48.5 Å². The number of aryl methyl sites for hydroxylation is 1. The van der Waals surface area contributed by atoms with Crippen LogP contribution in [0.25, 0.3) is 11.3 Å². The van der Waals surface area contributed by atoms with Gasteiger partial charge < -0.3 is 10.1 Å². The minimum Gasteiger partial charge on any atom is -0.496 e. The molecule has 0 aliphatic carbocycles. The van der Waals surface area contributed by atoms with E-state index >= 15 is 0 Å². The number of carbonyl (C=O) groups excluding carboxylic acids is 1. The molecule has 2 aromatic carbocycles. The number of aromatic amines is 1. The molecule has 140 valence electrons. The van der Waals surface area contributed by atoms with Crippen LogP contribution in [0.1, 0.15) is 24.6 Å². The van der Waals surface area contributed by atoms with Crippen LogP contribution in [0.5, 0.6) is 5.75 Å². The summed E-state index contributed by atoms with van der Waals surface area (Å²) in [6.45, 7) is 2.06. The van der Waals surface area contributed by atoms with Crippen LogP contribution in [0.4, 0.5) is 10.1 Å². The van der Waals surface area contributed by atoms with E-state index in [1.807, 2.05) is 24.3 Å². The number of halogens is 1. The fourth-order valence-corrected chi connectivity index (χ4v) is 2.95. The van der Waals surface area contributed by atoms with Crippen LogP contribution >= 0.6 is 0 Å². The first-order valence-electron chi connectivity index (χ1n) is 8.87. The average Bonchev–Trinajstić information content (AvgIpc) is 3.06. The van der Waals surface area contributed by atoms with Crippen molar-refractivity contribution in [3.8, 4) is 17.0 Å². The summed E-state index contributed by atoms with van der Waals surface area (Å²) in [5.74, 6) is 0.176. The molecule has 0 radical (unpaired) electrons. The second-order valence-corrected chi connectivity index (χ2v) is 6.23. The molecule has 1 aromatic heterocycles. The van der Waals surface area contributed by atoms with Gasteiger partial charge in [0.25, 0.3) is 0 Å². The number of H-pyrrole nitrogens is 1. The van der Waals surface area contributed by atoms with Crippen LogP contribution in [0, 0.1) is 5.82 Å². The zero-order valence-electron chi connectivity index (χ0n) is 15.4. The molecule has 0 saturated carbocycles. The van der Waals surface area contributed by atoms with E-state index in [0.29, 0.717) is 17.1 Å². The maximum atomic E-state index is 13.1. The molecule has 3 aromatic rings. The number of hydrogen-bond acceptors (Lipinski definition) is 3. The molecule has 0 saturated heterocycles. The first kappa shape index (κ1) is 18.6. The normalized spacial score (nSPS) is 10.6. The van der Waals surface area contributed by atoms with E-state index in [-0.39, 0.29) is 18.1 Å². The molecule has 6 heteroatoms. The Hall–Kier alpha value is -3.15. The quantitative estimate of drug-likeness (QED) is 0.652. The number of amides is 1. The molecule has 5 nitrogen and oxygen atoms in total. The predicted molar refractivity (Wildman–Crippen MR) is 103 cm³/mol. The van der Waals surface area contributed by atoms with E-state index in [2.05, 4.69) is 22.4 Å². The average molecular weight is 367 g/mol. The summed E-state index contributed by atoms with van der Waals surface area (Å²) >= 11 is 0. The third kappa shape index (κ3) is 4.34. The lowest BCUT2D eigenvalue weighted by atomic mass is 10.1. The predicted octanol–water partition coefficient (Wildman–Crippen LogP) is 4.36. The van der Waals surface area contributed by atoms with Gasteiger partial charge in [0.05, 0.1) is 24.9 Å². The summed E-state index contributed by atoms with van der Waals surface area (Å²) in [7, 11) is 1.60. The van der Waals surface area contributed by atoms with Gasteiger partial charge in [0, 0.05) is 5.56 Å². The summed E-state index contributed by atoms with van der Waals surface area (Å²) in [6.07, 6.45) is 1.82. The van der Waals surface area contributed by atoms with Gasteiger partial charge in [-0.05, 0) is 36.2 Å². The fraction of sp³-hybridized carbons (Fsp3) is 0.238. The van der Waals surface area contributed by atoms with Gasteiger partial charge in [0.1, 0.15) is 17.3 Å². The van der Waals surface area contributed by atoms with Crippen molar-refractivity contribution in [1.82, 2.24) is 10.2 Å². The molecule has 0 aliphatic heterocycles. The lowest BCUT2D eigenvalue weighted by Crippen LogP contribution is -2.15. The van der Waals surface area contributed by atoms with Crippen molar-refractivity contribution in [2.24, 2.45) is 0 Å². The molecular weight excluding hydrogens is 345 g/mol. The van der Waals surface area contributed by atoms with Crippen molar-refractivity contribution in [2.75, 3.05) is 12.4 Å². The van der Waals surface area contributed by atoms with E-state index in [9.17, 15) is 9.18 Å². The SMILES string of the molecule is CCCc1[nH]nc(-c2ccccc2OC)c1NC(=O)Cc1ccc(F)cc1. The van der Waals surface area contributed by atoms with E-state index in [0.717, 1.165) is 29.7 Å². The Bertz CT molecular complexity index is 919. The van der Waals surface area contributed by atoms with Gasteiger partial charge in [-0.15, -0.1) is 0 Å². The Labute approximate surface area is 157 Å². The van der Waals surface area contributed by atoms with Crippen molar-refractivity contribution >= 4 is 11.6 Å². The third-order valence-electron chi connectivity index (χ3n) is 4.25. The van der Waals surface area contributed by atoms with Crippen molar-refractivity contribution < 1.29 is 13.9 Å². The van der Waals surface area contributed by atoms with Crippen molar-refractivity contribution in [1.29, 1.82) is 0 Å². The standard InChI is InChI=1S/C21H22FN3O2/c1-3-6-17-21(23-19(26)13-14-9-11-15(22)12-10-14)20(25-24-17)16-7-4-5-8-18(16)27-2/h4-5,7-12H,3,6,13H2,1-2H3,(H,23,26)(H,24,25). The molecule has 0 aliphatic rings. The number of nitrogens with zero attached hydrogens (tertiary/aromatic N) is 1. The number of ether oxygens (including phenoxy) is 1. The van der Waals surface area contributed by atoms with Crippen LogP contribution < -0.4 is 10.1 Å². The Kier molecular flexibility index (Phi) is 5.86. The minimum atomic E-state index is -0.322. The van der Waals surface area contributed by atoms with E-state index < -0.39 is 0 Å². The molecule has 0 unspecified atom stereocenters. The van der Waals surface area contributed by atoms with E-state index in [1.165, 1.54) is 12.1 Å². The maximum absolute atomic E-state index is 13.1. The Morgan fingerprint density at radius 2 is 1.93 bits per heavy atom. The lowest BCUT2D eigenvalue weighted by molar-refractivity contribution is -0.115. The molecular formula is C21H22FN3O2. The molecule has 2 N–H and O–H groups in total. The molecule has 27 heavy (non-hydrogen) atoms. The summed E-state index contributed by atoms with van der Waals surface area (Å²) in [4.78, 5) is 12.6. The number of nitrogens with one attached hydrogen (secondary N) is 2. The number of methoxy groups -OCH3 is 1. The van der Waals surface area contributed by atoms with Gasteiger partial charge in [-0.3, -0.25) is 9.89 Å². The Balaban J connectivity index is 1.89. The largest absolute Gasteiger partial charge is 0.496 e. The minimum absolute atomic E-state index is 0.155. The molecule has 3 rings (SSSR count). The van der Waals surface area contributed by atoms with Crippen molar-refractivity contribution in [3.05, 3.63) is 65.6 Å². The number of carbonyl (C=O) groups is 1. The zero-order chi connectivity index (χ0) is 19.2. The summed E-state index contributed by atoms with van der Waals surface area (Å²) in [5, 5.41) is 10.4. The number of hydrogen-bond donors (Lipinski definition) is 2. The number of aromatic nitrogens is 2. The monoisotopic (exact) mass is 367 g/mol.